The Labute approximate surface area is 170 Å². The molecule has 0 spiro atoms. The van der Waals surface area contributed by atoms with Crippen molar-refractivity contribution in [2.24, 2.45) is 0 Å². The van der Waals surface area contributed by atoms with E-state index >= 15 is 0 Å². The van der Waals surface area contributed by atoms with Crippen molar-refractivity contribution in [1.29, 1.82) is 5.26 Å². The van der Waals surface area contributed by atoms with Crippen LogP contribution in [0.2, 0.25) is 0 Å². The summed E-state index contributed by atoms with van der Waals surface area (Å²) in [5, 5.41) is 8.47. The summed E-state index contributed by atoms with van der Waals surface area (Å²) in [6.45, 7) is 6.08. The number of aromatic nitrogens is 1. The molecule has 0 amide bonds. The van der Waals surface area contributed by atoms with Gasteiger partial charge >= 0.3 is 5.97 Å². The van der Waals surface area contributed by atoms with Gasteiger partial charge in [-0.3, -0.25) is 4.79 Å². The third kappa shape index (κ3) is 5.31. The third-order valence-electron chi connectivity index (χ3n) is 4.45. The zero-order valence-electron chi connectivity index (χ0n) is 16.6. The summed E-state index contributed by atoms with van der Waals surface area (Å²) in [6, 6.07) is 8.78. The summed E-state index contributed by atoms with van der Waals surface area (Å²) < 4.78 is 33.5. The Morgan fingerprint density at radius 2 is 1.86 bits per heavy atom. The first-order valence-electron chi connectivity index (χ1n) is 9.05. The Morgan fingerprint density at radius 1 is 1.21 bits per heavy atom. The predicted molar refractivity (Wildman–Crippen MR) is 106 cm³/mol. The maximum atomic E-state index is 12.4. The molecule has 1 aromatic heterocycles. The summed E-state index contributed by atoms with van der Waals surface area (Å²) in [4.78, 5) is 24.5. The Kier molecular flexibility index (Phi) is 7.31. The molecule has 0 saturated carbocycles. The highest BCUT2D eigenvalue weighted by molar-refractivity contribution is 7.89. The quantitative estimate of drug-likeness (QED) is 0.380. The molecule has 0 fully saturated rings. The maximum absolute atomic E-state index is 12.4. The SMILES string of the molecule is CCn1c(C)cc(C(=O)COC(=O)c2ccc(S(=O)(=O)NCCC#N)cc2)c1C. The molecule has 0 saturated heterocycles. The predicted octanol–water partition coefficient (Wildman–Crippen LogP) is 2.36. The number of carbonyl (C=O) groups is 2. The lowest BCUT2D eigenvalue weighted by atomic mass is 10.1. The van der Waals surface area contributed by atoms with Gasteiger partial charge in [-0.2, -0.15) is 5.26 Å². The molecule has 1 N–H and O–H groups in total. The lowest BCUT2D eigenvalue weighted by Crippen LogP contribution is -2.24. The topological polar surface area (TPSA) is 118 Å². The lowest BCUT2D eigenvalue weighted by Gasteiger charge is -2.08. The second-order valence-electron chi connectivity index (χ2n) is 6.36. The average Bonchev–Trinajstić information content (AvgIpc) is 2.99. The zero-order chi connectivity index (χ0) is 21.6. The van der Waals surface area contributed by atoms with E-state index in [1.165, 1.54) is 24.3 Å². The number of esters is 1. The van der Waals surface area contributed by atoms with E-state index < -0.39 is 22.6 Å². The van der Waals surface area contributed by atoms with E-state index in [1.54, 1.807) is 6.07 Å². The molecule has 1 aromatic carbocycles. The number of benzene rings is 1. The minimum Gasteiger partial charge on any atom is -0.454 e. The van der Waals surface area contributed by atoms with Crippen molar-refractivity contribution in [3.05, 3.63) is 52.8 Å². The Balaban J connectivity index is 2.01. The van der Waals surface area contributed by atoms with Crippen LogP contribution in [0.3, 0.4) is 0 Å². The molecule has 0 aliphatic carbocycles. The number of nitriles is 1. The van der Waals surface area contributed by atoms with Gasteiger partial charge in [-0.15, -0.1) is 0 Å². The molecule has 0 aliphatic heterocycles. The van der Waals surface area contributed by atoms with E-state index in [2.05, 4.69) is 4.72 Å². The van der Waals surface area contributed by atoms with Crippen LogP contribution in [0.5, 0.6) is 0 Å². The van der Waals surface area contributed by atoms with Crippen LogP contribution in [0, 0.1) is 25.2 Å². The molecule has 154 valence electrons. The number of nitrogens with zero attached hydrogens (tertiary/aromatic N) is 2. The van der Waals surface area contributed by atoms with Crippen LogP contribution in [-0.2, 0) is 21.3 Å². The fraction of sp³-hybridized carbons (Fsp3) is 0.350. The number of aryl methyl sites for hydroxylation is 1. The van der Waals surface area contributed by atoms with Crippen LogP contribution in [0.15, 0.2) is 35.2 Å². The molecule has 29 heavy (non-hydrogen) atoms. The Morgan fingerprint density at radius 3 is 2.41 bits per heavy atom. The van der Waals surface area contributed by atoms with E-state index in [4.69, 9.17) is 10.00 Å². The molecule has 1 heterocycles. The molecule has 0 aliphatic rings. The number of nitrogens with one attached hydrogen (secondary N) is 1. The molecular weight excluding hydrogens is 394 g/mol. The van der Waals surface area contributed by atoms with Crippen molar-refractivity contribution in [1.82, 2.24) is 9.29 Å². The van der Waals surface area contributed by atoms with Gasteiger partial charge in [0, 0.05) is 36.5 Å². The average molecular weight is 417 g/mol. The van der Waals surface area contributed by atoms with Gasteiger partial charge in [0.1, 0.15) is 0 Å². The summed E-state index contributed by atoms with van der Waals surface area (Å²) >= 11 is 0. The Bertz CT molecular complexity index is 1050. The van der Waals surface area contributed by atoms with Gasteiger partial charge in [-0.25, -0.2) is 17.9 Å². The maximum Gasteiger partial charge on any atom is 0.338 e. The molecule has 0 bridgehead atoms. The van der Waals surface area contributed by atoms with Crippen LogP contribution in [-0.4, -0.2) is 37.9 Å². The second kappa shape index (κ2) is 9.49. The summed E-state index contributed by atoms with van der Waals surface area (Å²) in [5.41, 5.74) is 2.43. The van der Waals surface area contributed by atoms with Crippen molar-refractivity contribution in [2.45, 2.75) is 38.6 Å². The first kappa shape index (κ1) is 22.3. The number of rotatable bonds is 9. The summed E-state index contributed by atoms with van der Waals surface area (Å²) in [7, 11) is -3.76. The monoisotopic (exact) mass is 417 g/mol. The second-order valence-corrected chi connectivity index (χ2v) is 8.13. The molecule has 0 radical (unpaired) electrons. The van der Waals surface area contributed by atoms with Crippen LogP contribution in [0.25, 0.3) is 0 Å². The molecule has 0 unspecified atom stereocenters. The first-order valence-corrected chi connectivity index (χ1v) is 10.5. The van der Waals surface area contributed by atoms with Crippen LogP contribution >= 0.6 is 0 Å². The number of ether oxygens (including phenoxy) is 1. The number of carbonyl (C=O) groups excluding carboxylic acids is 2. The normalized spacial score (nSPS) is 11.1. The molecule has 9 heteroatoms. The van der Waals surface area contributed by atoms with Crippen molar-refractivity contribution in [3.63, 3.8) is 0 Å². The van der Waals surface area contributed by atoms with Crippen molar-refractivity contribution >= 4 is 21.8 Å². The number of hydrogen-bond acceptors (Lipinski definition) is 6. The van der Waals surface area contributed by atoms with Gasteiger partial charge in [0.15, 0.2) is 6.61 Å². The zero-order valence-corrected chi connectivity index (χ0v) is 17.4. The molecule has 0 atom stereocenters. The smallest absolute Gasteiger partial charge is 0.338 e. The molecular formula is C20H23N3O5S. The summed E-state index contributed by atoms with van der Waals surface area (Å²) in [5.74, 6) is -1.02. The van der Waals surface area contributed by atoms with Gasteiger partial charge in [-0.1, -0.05) is 0 Å². The van der Waals surface area contributed by atoms with Crippen molar-refractivity contribution in [3.8, 4) is 6.07 Å². The van der Waals surface area contributed by atoms with Crippen LogP contribution < -0.4 is 4.72 Å². The van der Waals surface area contributed by atoms with Gasteiger partial charge in [0.2, 0.25) is 15.8 Å². The van der Waals surface area contributed by atoms with Gasteiger partial charge in [-0.05, 0) is 51.1 Å². The van der Waals surface area contributed by atoms with Crippen LogP contribution in [0.1, 0.15) is 45.4 Å². The standard InChI is InChI=1S/C20H23N3O5S/c1-4-23-14(2)12-18(15(23)3)19(24)13-28-20(25)16-6-8-17(9-7-16)29(26,27)22-11-5-10-21/h6-9,12,22H,4-5,11,13H2,1-3H3. The molecule has 2 rings (SSSR count). The van der Waals surface area contributed by atoms with Gasteiger partial charge in [0.25, 0.3) is 0 Å². The first-order chi connectivity index (χ1) is 13.7. The molecule has 2 aromatic rings. The minimum absolute atomic E-state index is 0.00336. The fourth-order valence-electron chi connectivity index (χ4n) is 2.96. The lowest BCUT2D eigenvalue weighted by molar-refractivity contribution is 0.0474. The fourth-order valence-corrected chi connectivity index (χ4v) is 3.99. The molecule has 8 nitrogen and oxygen atoms in total. The number of ketones is 1. The number of Topliss-reactive ketones (excluding diaryl/α,β-unsaturated/α-hetero) is 1. The van der Waals surface area contributed by atoms with Crippen LogP contribution in [0.4, 0.5) is 0 Å². The van der Waals surface area contributed by atoms with E-state index in [0.717, 1.165) is 17.9 Å². The van der Waals surface area contributed by atoms with Crippen molar-refractivity contribution < 1.29 is 22.7 Å². The third-order valence-corrected chi connectivity index (χ3v) is 5.93. The van der Waals surface area contributed by atoms with E-state index in [9.17, 15) is 18.0 Å². The highest BCUT2D eigenvalue weighted by Crippen LogP contribution is 2.16. The highest BCUT2D eigenvalue weighted by Gasteiger charge is 2.18. The Hall–Kier alpha value is -2.96. The number of hydrogen-bond donors (Lipinski definition) is 1. The number of sulfonamides is 1. The highest BCUT2D eigenvalue weighted by atomic mass is 32.2. The van der Waals surface area contributed by atoms with E-state index in [-0.39, 0.29) is 29.2 Å². The minimum atomic E-state index is -3.76. The van der Waals surface area contributed by atoms with E-state index in [0.29, 0.717) is 5.56 Å². The van der Waals surface area contributed by atoms with Gasteiger partial charge in [0.05, 0.1) is 16.5 Å². The van der Waals surface area contributed by atoms with Gasteiger partial charge < -0.3 is 9.30 Å². The summed E-state index contributed by atoms with van der Waals surface area (Å²) in [6.07, 6.45) is 0.0539. The van der Waals surface area contributed by atoms with Crippen molar-refractivity contribution in [2.75, 3.05) is 13.2 Å². The van der Waals surface area contributed by atoms with E-state index in [1.807, 2.05) is 31.4 Å². The largest absolute Gasteiger partial charge is 0.454 e.